The molecule has 2 aromatic rings. The van der Waals surface area contributed by atoms with Gasteiger partial charge in [-0.3, -0.25) is 4.79 Å². The summed E-state index contributed by atoms with van der Waals surface area (Å²) in [6, 6.07) is 13.5. The van der Waals surface area contributed by atoms with Gasteiger partial charge in [0.25, 0.3) is 5.91 Å². The number of esters is 1. The molecule has 1 atom stereocenters. The predicted octanol–water partition coefficient (Wildman–Crippen LogP) is 2.80. The molecule has 0 bridgehead atoms. The van der Waals surface area contributed by atoms with Crippen LogP contribution in [-0.2, 0) is 16.0 Å². The van der Waals surface area contributed by atoms with Gasteiger partial charge < -0.3 is 14.8 Å². The second-order valence-corrected chi connectivity index (χ2v) is 5.14. The molecule has 2 rings (SSSR count). The van der Waals surface area contributed by atoms with E-state index in [-0.39, 0.29) is 17.7 Å². The Morgan fingerprint density at radius 3 is 2.24 bits per heavy atom. The summed E-state index contributed by atoms with van der Waals surface area (Å²) in [7, 11) is 1.24. The van der Waals surface area contributed by atoms with Crippen molar-refractivity contribution in [3.8, 4) is 5.75 Å². The fourth-order valence-electron chi connectivity index (χ4n) is 2.21. The number of benzene rings is 2. The molecule has 0 spiro atoms. The number of methoxy groups -OCH3 is 1. The van der Waals surface area contributed by atoms with Crippen LogP contribution in [0.4, 0.5) is 8.78 Å². The third kappa shape index (κ3) is 5.56. The Balaban J connectivity index is 2.07. The molecule has 1 amide bonds. The van der Waals surface area contributed by atoms with Gasteiger partial charge >= 0.3 is 12.6 Å². The summed E-state index contributed by atoms with van der Waals surface area (Å²) in [6.07, 6.45) is 0.270. The summed E-state index contributed by atoms with van der Waals surface area (Å²) >= 11 is 0. The molecule has 25 heavy (non-hydrogen) atoms. The predicted molar refractivity (Wildman–Crippen MR) is 86.5 cm³/mol. The van der Waals surface area contributed by atoms with Crippen molar-refractivity contribution in [3.05, 3.63) is 65.7 Å². The van der Waals surface area contributed by atoms with E-state index in [2.05, 4.69) is 10.1 Å². The van der Waals surface area contributed by atoms with Crippen LogP contribution in [-0.4, -0.2) is 31.6 Å². The number of halogens is 2. The lowest BCUT2D eigenvalue weighted by molar-refractivity contribution is -0.142. The molecule has 132 valence electrons. The first kappa shape index (κ1) is 18.4. The Morgan fingerprint density at radius 2 is 1.68 bits per heavy atom. The van der Waals surface area contributed by atoms with Crippen LogP contribution >= 0.6 is 0 Å². The van der Waals surface area contributed by atoms with Gasteiger partial charge in [-0.2, -0.15) is 8.78 Å². The minimum Gasteiger partial charge on any atom is -0.467 e. The number of amides is 1. The van der Waals surface area contributed by atoms with Crippen molar-refractivity contribution in [1.29, 1.82) is 0 Å². The summed E-state index contributed by atoms with van der Waals surface area (Å²) < 4.78 is 33.2. The van der Waals surface area contributed by atoms with Gasteiger partial charge in [0.05, 0.1) is 7.11 Å². The smallest absolute Gasteiger partial charge is 0.387 e. The van der Waals surface area contributed by atoms with Crippen molar-refractivity contribution in [3.63, 3.8) is 0 Å². The maximum absolute atomic E-state index is 12.3. The van der Waals surface area contributed by atoms with Crippen LogP contribution in [0, 0.1) is 0 Å². The molecular weight excluding hydrogens is 332 g/mol. The summed E-state index contributed by atoms with van der Waals surface area (Å²) in [5.74, 6) is -1.15. The van der Waals surface area contributed by atoms with E-state index in [0.717, 1.165) is 5.56 Å². The topological polar surface area (TPSA) is 64.6 Å². The van der Waals surface area contributed by atoms with E-state index < -0.39 is 24.5 Å². The summed E-state index contributed by atoms with van der Waals surface area (Å²) in [5.41, 5.74) is 1.07. The van der Waals surface area contributed by atoms with Gasteiger partial charge in [-0.05, 0) is 29.8 Å². The quantitative estimate of drug-likeness (QED) is 0.781. The largest absolute Gasteiger partial charge is 0.467 e. The molecular formula is C18H17F2NO4. The molecule has 1 N–H and O–H groups in total. The lowest BCUT2D eigenvalue weighted by Gasteiger charge is -2.17. The van der Waals surface area contributed by atoms with Gasteiger partial charge in [-0.15, -0.1) is 0 Å². The number of carbonyl (C=O) groups is 2. The van der Waals surface area contributed by atoms with Gasteiger partial charge in [0.15, 0.2) is 0 Å². The van der Waals surface area contributed by atoms with Crippen molar-refractivity contribution in [1.82, 2.24) is 5.32 Å². The summed E-state index contributed by atoms with van der Waals surface area (Å²) in [6.45, 7) is -2.94. The molecule has 7 heteroatoms. The lowest BCUT2D eigenvalue weighted by atomic mass is 10.1. The van der Waals surface area contributed by atoms with Crippen LogP contribution in [0.15, 0.2) is 54.6 Å². The molecule has 0 heterocycles. The van der Waals surface area contributed by atoms with E-state index in [1.54, 1.807) is 0 Å². The molecule has 0 aromatic heterocycles. The molecule has 2 aromatic carbocycles. The minimum absolute atomic E-state index is 0.0552. The van der Waals surface area contributed by atoms with Crippen LogP contribution in [0.25, 0.3) is 0 Å². The number of rotatable bonds is 7. The van der Waals surface area contributed by atoms with Crippen LogP contribution < -0.4 is 10.1 Å². The van der Waals surface area contributed by atoms with Gasteiger partial charge in [0, 0.05) is 12.0 Å². The highest BCUT2D eigenvalue weighted by Gasteiger charge is 2.22. The fraction of sp³-hybridized carbons (Fsp3) is 0.222. The van der Waals surface area contributed by atoms with E-state index in [1.807, 2.05) is 30.3 Å². The van der Waals surface area contributed by atoms with E-state index in [4.69, 9.17) is 4.74 Å². The third-order valence-corrected chi connectivity index (χ3v) is 3.42. The highest BCUT2D eigenvalue weighted by molar-refractivity contribution is 5.96. The molecule has 0 fully saturated rings. The third-order valence-electron chi connectivity index (χ3n) is 3.42. The average Bonchev–Trinajstić information content (AvgIpc) is 2.61. The molecule has 0 aliphatic carbocycles. The normalized spacial score (nSPS) is 11.7. The molecule has 1 unspecified atom stereocenters. The fourth-order valence-corrected chi connectivity index (χ4v) is 2.21. The van der Waals surface area contributed by atoms with Crippen molar-refractivity contribution < 1.29 is 27.8 Å². The molecule has 0 aliphatic heterocycles. The van der Waals surface area contributed by atoms with E-state index >= 15 is 0 Å². The summed E-state index contributed by atoms with van der Waals surface area (Å²) in [4.78, 5) is 24.2. The zero-order valence-electron chi connectivity index (χ0n) is 13.4. The Kier molecular flexibility index (Phi) is 6.45. The Hall–Kier alpha value is -2.96. The van der Waals surface area contributed by atoms with Gasteiger partial charge in [0.1, 0.15) is 11.8 Å². The Labute approximate surface area is 143 Å². The van der Waals surface area contributed by atoms with Crippen molar-refractivity contribution >= 4 is 11.9 Å². The first-order chi connectivity index (χ1) is 12.0. The van der Waals surface area contributed by atoms with Gasteiger partial charge in [-0.25, -0.2) is 4.79 Å². The van der Waals surface area contributed by atoms with Crippen LogP contribution in [0.1, 0.15) is 15.9 Å². The molecule has 5 nitrogen and oxygen atoms in total. The minimum atomic E-state index is -2.94. The zero-order valence-corrected chi connectivity index (χ0v) is 13.4. The van der Waals surface area contributed by atoms with E-state index in [0.29, 0.717) is 0 Å². The van der Waals surface area contributed by atoms with E-state index in [1.165, 1.54) is 31.4 Å². The number of hydrogen-bond acceptors (Lipinski definition) is 4. The second kappa shape index (κ2) is 8.77. The van der Waals surface area contributed by atoms with Gasteiger partial charge in [0.2, 0.25) is 0 Å². The Morgan fingerprint density at radius 1 is 1.04 bits per heavy atom. The monoisotopic (exact) mass is 349 g/mol. The standard InChI is InChI=1S/C18H17F2NO4/c1-24-17(23)15(11-12-5-3-2-4-6-12)21-16(22)13-7-9-14(10-8-13)25-18(19)20/h2-10,15,18H,11H2,1H3,(H,21,22). The molecule has 0 saturated carbocycles. The first-order valence-corrected chi connectivity index (χ1v) is 7.47. The summed E-state index contributed by atoms with van der Waals surface area (Å²) in [5, 5.41) is 2.59. The van der Waals surface area contributed by atoms with Crippen LogP contribution in [0.2, 0.25) is 0 Å². The molecule has 0 saturated heterocycles. The highest BCUT2D eigenvalue weighted by atomic mass is 19.3. The maximum atomic E-state index is 12.3. The second-order valence-electron chi connectivity index (χ2n) is 5.14. The first-order valence-electron chi connectivity index (χ1n) is 7.47. The van der Waals surface area contributed by atoms with Gasteiger partial charge in [-0.1, -0.05) is 30.3 Å². The lowest BCUT2D eigenvalue weighted by Crippen LogP contribution is -2.43. The molecule has 0 aliphatic rings. The number of alkyl halides is 2. The number of hydrogen-bond donors (Lipinski definition) is 1. The number of nitrogens with one attached hydrogen (secondary N) is 1. The van der Waals surface area contributed by atoms with Crippen LogP contribution in [0.3, 0.4) is 0 Å². The van der Waals surface area contributed by atoms with E-state index in [9.17, 15) is 18.4 Å². The van der Waals surface area contributed by atoms with Crippen molar-refractivity contribution in [2.75, 3.05) is 7.11 Å². The highest BCUT2D eigenvalue weighted by Crippen LogP contribution is 2.15. The maximum Gasteiger partial charge on any atom is 0.387 e. The number of ether oxygens (including phenoxy) is 2. The van der Waals surface area contributed by atoms with Crippen LogP contribution in [0.5, 0.6) is 5.75 Å². The van der Waals surface area contributed by atoms with Crippen molar-refractivity contribution in [2.45, 2.75) is 19.1 Å². The van der Waals surface area contributed by atoms with Crippen molar-refractivity contribution in [2.24, 2.45) is 0 Å². The number of carbonyl (C=O) groups excluding carboxylic acids is 2. The SMILES string of the molecule is COC(=O)C(Cc1ccccc1)NC(=O)c1ccc(OC(F)F)cc1. The zero-order chi connectivity index (χ0) is 18.2. The average molecular weight is 349 g/mol. The Bertz CT molecular complexity index is 705. The molecule has 0 radical (unpaired) electrons.